The first kappa shape index (κ1) is 31.4. The minimum absolute atomic E-state index is 0.0497. The van der Waals surface area contributed by atoms with Gasteiger partial charge >= 0.3 is 0 Å². The number of rotatable bonds is 13. The number of hydrogen-bond donors (Lipinski definition) is 1. The second-order valence-electron chi connectivity index (χ2n) is 10.3. The van der Waals surface area contributed by atoms with Crippen molar-refractivity contribution in [1.82, 2.24) is 10.2 Å². The number of amides is 2. The van der Waals surface area contributed by atoms with E-state index in [0.29, 0.717) is 13.0 Å². The molecule has 43 heavy (non-hydrogen) atoms. The van der Waals surface area contributed by atoms with E-state index in [1.807, 2.05) is 68.4 Å². The number of halogens is 1. The normalized spacial score (nSPS) is 11.9. The number of sulfonamides is 1. The monoisotopic (exact) mass is 601 g/mol. The molecule has 0 radical (unpaired) electrons. The van der Waals surface area contributed by atoms with Gasteiger partial charge in [0.05, 0.1) is 10.6 Å². The molecule has 0 heterocycles. The molecule has 0 saturated heterocycles. The van der Waals surface area contributed by atoms with E-state index in [1.54, 1.807) is 18.2 Å². The molecule has 4 aromatic rings. The summed E-state index contributed by atoms with van der Waals surface area (Å²) in [6.07, 6.45) is 0.908. The fourth-order valence-corrected chi connectivity index (χ4v) is 6.26. The third-order valence-electron chi connectivity index (χ3n) is 6.99. The van der Waals surface area contributed by atoms with Crippen LogP contribution in [0.15, 0.2) is 114 Å². The molecule has 0 saturated carbocycles. The van der Waals surface area contributed by atoms with E-state index in [1.165, 1.54) is 35.2 Å². The van der Waals surface area contributed by atoms with Gasteiger partial charge in [0.2, 0.25) is 11.8 Å². The van der Waals surface area contributed by atoms with Crippen molar-refractivity contribution in [2.24, 2.45) is 0 Å². The summed E-state index contributed by atoms with van der Waals surface area (Å²) in [6.45, 7) is 3.62. The summed E-state index contributed by atoms with van der Waals surface area (Å²) in [5.74, 6) is -1.78. The lowest BCUT2D eigenvalue weighted by molar-refractivity contribution is -0.140. The van der Waals surface area contributed by atoms with Gasteiger partial charge in [0, 0.05) is 19.5 Å². The van der Waals surface area contributed by atoms with E-state index >= 15 is 4.39 Å². The Bertz CT molecular complexity index is 1630. The van der Waals surface area contributed by atoms with Gasteiger partial charge in [-0.05, 0) is 48.7 Å². The van der Waals surface area contributed by atoms with Gasteiger partial charge in [-0.2, -0.15) is 0 Å². The van der Waals surface area contributed by atoms with E-state index in [2.05, 4.69) is 5.32 Å². The molecule has 4 aromatic carbocycles. The Labute approximate surface area is 253 Å². The number of nitrogens with zero attached hydrogens (tertiary/aromatic N) is 2. The fourth-order valence-electron chi connectivity index (χ4n) is 4.81. The topological polar surface area (TPSA) is 86.8 Å². The SMILES string of the molecule is CCCNC(=O)[C@H](Cc1ccccc1)N(Cc1cccc(C)c1)C(=O)CN(c1ccccc1F)S(=O)(=O)c1ccccc1. The van der Waals surface area contributed by atoms with Crippen LogP contribution in [-0.4, -0.2) is 44.3 Å². The molecule has 0 aliphatic carbocycles. The van der Waals surface area contributed by atoms with Crippen molar-refractivity contribution in [3.8, 4) is 0 Å². The summed E-state index contributed by atoms with van der Waals surface area (Å²) in [6, 6.07) is 29.0. The first-order chi connectivity index (χ1) is 20.7. The van der Waals surface area contributed by atoms with E-state index in [0.717, 1.165) is 27.1 Å². The average molecular weight is 602 g/mol. The Hall–Kier alpha value is -4.50. The van der Waals surface area contributed by atoms with E-state index in [-0.39, 0.29) is 29.5 Å². The minimum Gasteiger partial charge on any atom is -0.354 e. The van der Waals surface area contributed by atoms with Gasteiger partial charge in [-0.1, -0.05) is 97.4 Å². The first-order valence-corrected chi connectivity index (χ1v) is 15.6. The van der Waals surface area contributed by atoms with Crippen LogP contribution in [-0.2, 0) is 32.6 Å². The number of para-hydroxylation sites is 1. The molecular weight excluding hydrogens is 565 g/mol. The molecule has 0 bridgehead atoms. The number of nitrogens with one attached hydrogen (secondary N) is 1. The molecule has 1 atom stereocenters. The highest BCUT2D eigenvalue weighted by Gasteiger charge is 2.35. The summed E-state index contributed by atoms with van der Waals surface area (Å²) >= 11 is 0. The molecule has 0 fully saturated rings. The zero-order chi connectivity index (χ0) is 30.8. The highest BCUT2D eigenvalue weighted by Crippen LogP contribution is 2.27. The van der Waals surface area contributed by atoms with Crippen molar-refractivity contribution >= 4 is 27.5 Å². The third kappa shape index (κ3) is 8.08. The van der Waals surface area contributed by atoms with Crippen LogP contribution in [0.25, 0.3) is 0 Å². The van der Waals surface area contributed by atoms with Crippen molar-refractivity contribution in [3.05, 3.63) is 132 Å². The van der Waals surface area contributed by atoms with Crippen molar-refractivity contribution in [2.75, 3.05) is 17.4 Å². The summed E-state index contributed by atoms with van der Waals surface area (Å²) in [7, 11) is -4.36. The van der Waals surface area contributed by atoms with Gasteiger partial charge < -0.3 is 10.2 Å². The number of hydrogen-bond acceptors (Lipinski definition) is 4. The van der Waals surface area contributed by atoms with Crippen LogP contribution in [0.4, 0.5) is 10.1 Å². The quantitative estimate of drug-likeness (QED) is 0.219. The molecular formula is C34H36FN3O4S. The average Bonchev–Trinajstić information content (AvgIpc) is 3.01. The van der Waals surface area contributed by atoms with E-state index in [9.17, 15) is 18.0 Å². The lowest BCUT2D eigenvalue weighted by Crippen LogP contribution is -2.53. The molecule has 4 rings (SSSR count). The second kappa shape index (κ2) is 14.6. The molecule has 1 N–H and O–H groups in total. The second-order valence-corrected chi connectivity index (χ2v) is 12.1. The number of aryl methyl sites for hydroxylation is 1. The molecule has 9 heteroatoms. The standard InChI is InChI=1S/C34H36FN3O4S/c1-3-21-36-34(40)32(23-27-14-6-4-7-15-27)37(24-28-16-12-13-26(2)22-28)33(39)25-38(31-20-11-10-19-30(31)35)43(41,42)29-17-8-5-9-18-29/h4-20,22,32H,3,21,23-25H2,1-2H3,(H,36,40)/t32-/m0/s1. The Morgan fingerprint density at radius 2 is 1.47 bits per heavy atom. The van der Waals surface area contributed by atoms with Crippen molar-refractivity contribution < 1.29 is 22.4 Å². The lowest BCUT2D eigenvalue weighted by atomic mass is 10.0. The first-order valence-electron chi connectivity index (χ1n) is 14.2. The van der Waals surface area contributed by atoms with Crippen molar-refractivity contribution in [3.63, 3.8) is 0 Å². The zero-order valence-corrected chi connectivity index (χ0v) is 25.1. The Morgan fingerprint density at radius 3 is 2.12 bits per heavy atom. The van der Waals surface area contributed by atoms with Gasteiger partial charge in [-0.25, -0.2) is 12.8 Å². The minimum atomic E-state index is -4.36. The number of carbonyl (C=O) groups excluding carboxylic acids is 2. The lowest BCUT2D eigenvalue weighted by Gasteiger charge is -2.34. The highest BCUT2D eigenvalue weighted by atomic mass is 32.2. The van der Waals surface area contributed by atoms with Gasteiger partial charge in [0.1, 0.15) is 18.4 Å². The highest BCUT2D eigenvalue weighted by molar-refractivity contribution is 7.92. The Balaban J connectivity index is 1.80. The molecule has 0 unspecified atom stereocenters. The molecule has 0 aliphatic heterocycles. The third-order valence-corrected chi connectivity index (χ3v) is 8.76. The Morgan fingerprint density at radius 1 is 0.837 bits per heavy atom. The van der Waals surface area contributed by atoms with E-state index < -0.39 is 34.3 Å². The van der Waals surface area contributed by atoms with Gasteiger partial charge in [-0.3, -0.25) is 13.9 Å². The molecule has 0 aliphatic rings. The number of carbonyl (C=O) groups is 2. The van der Waals surface area contributed by atoms with Gasteiger partial charge in [-0.15, -0.1) is 0 Å². The largest absolute Gasteiger partial charge is 0.354 e. The van der Waals surface area contributed by atoms with Crippen LogP contribution in [0, 0.1) is 12.7 Å². The fraction of sp³-hybridized carbons (Fsp3) is 0.235. The van der Waals surface area contributed by atoms with Crippen LogP contribution in [0.1, 0.15) is 30.0 Å². The van der Waals surface area contributed by atoms with Gasteiger partial charge in [0.15, 0.2) is 0 Å². The molecule has 2 amide bonds. The summed E-state index contributed by atoms with van der Waals surface area (Å²) in [5, 5.41) is 2.91. The van der Waals surface area contributed by atoms with Crippen LogP contribution >= 0.6 is 0 Å². The van der Waals surface area contributed by atoms with Gasteiger partial charge in [0.25, 0.3) is 10.0 Å². The maximum atomic E-state index is 15.1. The smallest absolute Gasteiger partial charge is 0.264 e. The van der Waals surface area contributed by atoms with Crippen LogP contribution in [0.2, 0.25) is 0 Å². The number of anilines is 1. The van der Waals surface area contributed by atoms with Crippen molar-refractivity contribution in [2.45, 2.75) is 44.2 Å². The summed E-state index contributed by atoms with van der Waals surface area (Å²) in [4.78, 5) is 29.3. The maximum Gasteiger partial charge on any atom is 0.264 e. The zero-order valence-electron chi connectivity index (χ0n) is 24.3. The van der Waals surface area contributed by atoms with Crippen LogP contribution in [0.5, 0.6) is 0 Å². The number of benzene rings is 4. The molecule has 7 nitrogen and oxygen atoms in total. The summed E-state index contributed by atoms with van der Waals surface area (Å²) in [5.41, 5.74) is 2.33. The Kier molecular flexibility index (Phi) is 10.7. The predicted molar refractivity (Wildman–Crippen MR) is 166 cm³/mol. The molecule has 224 valence electrons. The van der Waals surface area contributed by atoms with Crippen LogP contribution < -0.4 is 9.62 Å². The van der Waals surface area contributed by atoms with E-state index in [4.69, 9.17) is 0 Å². The summed E-state index contributed by atoms with van der Waals surface area (Å²) < 4.78 is 43.7. The van der Waals surface area contributed by atoms with Crippen molar-refractivity contribution in [1.29, 1.82) is 0 Å². The molecule has 0 spiro atoms. The van der Waals surface area contributed by atoms with Crippen LogP contribution in [0.3, 0.4) is 0 Å². The predicted octanol–water partition coefficient (Wildman–Crippen LogP) is 5.50. The maximum absolute atomic E-state index is 15.1. The molecule has 0 aromatic heterocycles.